The Kier molecular flexibility index (Phi) is 2.84. The fraction of sp³-hybridized carbons (Fsp3) is 0. The summed E-state index contributed by atoms with van der Waals surface area (Å²) in [4.78, 5) is 0. The minimum atomic E-state index is 0.869. The zero-order valence-electron chi connectivity index (χ0n) is 9.84. The van der Waals surface area contributed by atoms with Gasteiger partial charge in [-0.15, -0.1) is 0 Å². The van der Waals surface area contributed by atoms with E-state index in [1.54, 1.807) is 6.26 Å². The summed E-state index contributed by atoms with van der Waals surface area (Å²) >= 11 is 0. The van der Waals surface area contributed by atoms with Gasteiger partial charge in [0.25, 0.3) is 0 Å². The maximum atomic E-state index is 5.56. The quantitative estimate of drug-likeness (QED) is 0.712. The fourth-order valence-electron chi connectivity index (χ4n) is 1.84. The number of hydrogen-bond acceptors (Lipinski definition) is 2. The summed E-state index contributed by atoms with van der Waals surface area (Å²) in [5, 5.41) is 3.30. The summed E-state index contributed by atoms with van der Waals surface area (Å²) in [7, 11) is 0. The highest BCUT2D eigenvalue weighted by Gasteiger charge is 2.03. The lowest BCUT2D eigenvalue weighted by atomic mass is 10.2. The van der Waals surface area contributed by atoms with Crippen LogP contribution in [0.1, 0.15) is 0 Å². The largest absolute Gasteiger partial charge is 0.462 e. The van der Waals surface area contributed by atoms with E-state index in [2.05, 4.69) is 5.32 Å². The number of anilines is 2. The van der Waals surface area contributed by atoms with Crippen molar-refractivity contribution in [2.75, 3.05) is 5.32 Å². The van der Waals surface area contributed by atoms with Gasteiger partial charge < -0.3 is 9.73 Å². The molecule has 2 aromatic carbocycles. The van der Waals surface area contributed by atoms with Crippen LogP contribution in [-0.4, -0.2) is 0 Å². The predicted molar refractivity (Wildman–Crippen MR) is 73.9 cm³/mol. The molecule has 1 N–H and O–H groups in total. The van der Waals surface area contributed by atoms with E-state index in [9.17, 15) is 0 Å². The highest BCUT2D eigenvalue weighted by atomic mass is 16.3. The predicted octanol–water partition coefficient (Wildman–Crippen LogP) is 4.69. The SMILES string of the molecule is c1ccc(Nc2coc(-c3ccccc3)c2)cc1. The zero-order chi connectivity index (χ0) is 12.2. The van der Waals surface area contributed by atoms with E-state index in [1.165, 1.54) is 0 Å². The van der Waals surface area contributed by atoms with Crippen LogP contribution in [0.2, 0.25) is 0 Å². The molecule has 0 saturated carbocycles. The summed E-state index contributed by atoms with van der Waals surface area (Å²) in [6.07, 6.45) is 1.73. The van der Waals surface area contributed by atoms with Gasteiger partial charge in [0.1, 0.15) is 12.0 Å². The van der Waals surface area contributed by atoms with Crippen LogP contribution in [0.5, 0.6) is 0 Å². The number of hydrogen-bond donors (Lipinski definition) is 1. The monoisotopic (exact) mass is 235 g/mol. The molecule has 0 bridgehead atoms. The van der Waals surface area contributed by atoms with Gasteiger partial charge in [0, 0.05) is 17.3 Å². The van der Waals surface area contributed by atoms with E-state index in [4.69, 9.17) is 4.42 Å². The van der Waals surface area contributed by atoms with Gasteiger partial charge in [-0.05, 0) is 12.1 Å². The normalized spacial score (nSPS) is 10.2. The number of para-hydroxylation sites is 1. The molecule has 2 heteroatoms. The molecule has 0 aliphatic heterocycles. The smallest absolute Gasteiger partial charge is 0.136 e. The van der Waals surface area contributed by atoms with Crippen molar-refractivity contribution in [2.24, 2.45) is 0 Å². The van der Waals surface area contributed by atoms with E-state index in [-0.39, 0.29) is 0 Å². The molecule has 0 radical (unpaired) electrons. The summed E-state index contributed by atoms with van der Waals surface area (Å²) in [6, 6.07) is 22.1. The minimum Gasteiger partial charge on any atom is -0.462 e. The molecular weight excluding hydrogens is 222 g/mol. The van der Waals surface area contributed by atoms with Crippen molar-refractivity contribution in [3.05, 3.63) is 73.0 Å². The molecule has 0 aliphatic carbocycles. The first kappa shape index (κ1) is 10.7. The average Bonchev–Trinajstić information content (AvgIpc) is 2.89. The highest BCUT2D eigenvalue weighted by molar-refractivity contribution is 5.66. The van der Waals surface area contributed by atoms with Crippen LogP contribution in [0.3, 0.4) is 0 Å². The van der Waals surface area contributed by atoms with E-state index in [1.807, 2.05) is 66.7 Å². The van der Waals surface area contributed by atoms with Crippen LogP contribution in [0.15, 0.2) is 77.4 Å². The van der Waals surface area contributed by atoms with Crippen molar-refractivity contribution in [3.8, 4) is 11.3 Å². The van der Waals surface area contributed by atoms with Crippen LogP contribution >= 0.6 is 0 Å². The maximum Gasteiger partial charge on any atom is 0.136 e. The second kappa shape index (κ2) is 4.80. The van der Waals surface area contributed by atoms with Crippen LogP contribution in [0.4, 0.5) is 11.4 Å². The number of furan rings is 1. The Hall–Kier alpha value is -2.48. The van der Waals surface area contributed by atoms with E-state index >= 15 is 0 Å². The van der Waals surface area contributed by atoms with Gasteiger partial charge in [-0.3, -0.25) is 0 Å². The maximum absolute atomic E-state index is 5.56. The summed E-state index contributed by atoms with van der Waals surface area (Å²) in [5.74, 6) is 0.869. The number of benzene rings is 2. The molecule has 0 unspecified atom stereocenters. The molecule has 0 atom stereocenters. The molecule has 0 saturated heterocycles. The third-order valence-corrected chi connectivity index (χ3v) is 2.72. The molecule has 88 valence electrons. The second-order valence-corrected chi connectivity index (χ2v) is 4.06. The first-order valence-electron chi connectivity index (χ1n) is 5.88. The second-order valence-electron chi connectivity index (χ2n) is 4.06. The van der Waals surface area contributed by atoms with Crippen LogP contribution in [0, 0.1) is 0 Å². The lowest BCUT2D eigenvalue weighted by molar-refractivity contribution is 0.583. The van der Waals surface area contributed by atoms with Gasteiger partial charge in [0.2, 0.25) is 0 Å². The molecule has 0 fully saturated rings. The van der Waals surface area contributed by atoms with Crippen molar-refractivity contribution in [1.29, 1.82) is 0 Å². The molecule has 0 amide bonds. The lowest BCUT2D eigenvalue weighted by Crippen LogP contribution is -1.86. The van der Waals surface area contributed by atoms with Crippen molar-refractivity contribution < 1.29 is 4.42 Å². The van der Waals surface area contributed by atoms with Crippen molar-refractivity contribution in [3.63, 3.8) is 0 Å². The topological polar surface area (TPSA) is 25.2 Å². The Morgan fingerprint density at radius 3 is 2.11 bits per heavy atom. The Labute approximate surface area is 106 Å². The van der Waals surface area contributed by atoms with Gasteiger partial charge in [-0.25, -0.2) is 0 Å². The molecule has 0 spiro atoms. The summed E-state index contributed by atoms with van der Waals surface area (Å²) < 4.78 is 5.56. The number of rotatable bonds is 3. The minimum absolute atomic E-state index is 0.869. The van der Waals surface area contributed by atoms with E-state index < -0.39 is 0 Å². The van der Waals surface area contributed by atoms with E-state index in [0.29, 0.717) is 0 Å². The van der Waals surface area contributed by atoms with Gasteiger partial charge >= 0.3 is 0 Å². The Morgan fingerprint density at radius 1 is 0.722 bits per heavy atom. The lowest BCUT2D eigenvalue weighted by Gasteiger charge is -2.01. The average molecular weight is 235 g/mol. The molecule has 2 nitrogen and oxygen atoms in total. The Bertz CT molecular complexity index is 614. The first-order chi connectivity index (χ1) is 8.92. The standard InChI is InChI=1S/C16H13NO/c1-3-7-13(8-4-1)16-11-15(12-18-16)17-14-9-5-2-6-10-14/h1-12,17H. The third kappa shape index (κ3) is 2.28. The molecular formula is C16H13NO. The van der Waals surface area contributed by atoms with Crippen molar-refractivity contribution in [2.45, 2.75) is 0 Å². The molecule has 18 heavy (non-hydrogen) atoms. The van der Waals surface area contributed by atoms with Crippen molar-refractivity contribution >= 4 is 11.4 Å². The van der Waals surface area contributed by atoms with Crippen LogP contribution in [-0.2, 0) is 0 Å². The summed E-state index contributed by atoms with van der Waals surface area (Å²) in [5.41, 5.74) is 3.09. The van der Waals surface area contributed by atoms with Gasteiger partial charge in [-0.2, -0.15) is 0 Å². The first-order valence-corrected chi connectivity index (χ1v) is 5.88. The fourth-order valence-corrected chi connectivity index (χ4v) is 1.84. The third-order valence-electron chi connectivity index (χ3n) is 2.72. The zero-order valence-corrected chi connectivity index (χ0v) is 9.84. The van der Waals surface area contributed by atoms with Crippen LogP contribution in [0.25, 0.3) is 11.3 Å². The summed E-state index contributed by atoms with van der Waals surface area (Å²) in [6.45, 7) is 0. The highest BCUT2D eigenvalue weighted by Crippen LogP contribution is 2.26. The van der Waals surface area contributed by atoms with Crippen LogP contribution < -0.4 is 5.32 Å². The van der Waals surface area contributed by atoms with Gasteiger partial charge in [0.15, 0.2) is 0 Å². The molecule has 3 aromatic rings. The number of nitrogens with one attached hydrogen (secondary N) is 1. The molecule has 1 heterocycles. The van der Waals surface area contributed by atoms with Gasteiger partial charge in [-0.1, -0.05) is 48.5 Å². The molecule has 1 aromatic heterocycles. The van der Waals surface area contributed by atoms with E-state index in [0.717, 1.165) is 22.7 Å². The van der Waals surface area contributed by atoms with Gasteiger partial charge in [0.05, 0.1) is 5.69 Å². The Balaban J connectivity index is 1.82. The van der Waals surface area contributed by atoms with Crippen molar-refractivity contribution in [1.82, 2.24) is 0 Å². The molecule has 0 aliphatic rings. The Morgan fingerprint density at radius 2 is 1.39 bits per heavy atom. The molecule has 3 rings (SSSR count).